The molecule has 0 aliphatic rings. The topological polar surface area (TPSA) is 58.3 Å². The average Bonchev–Trinajstić information content (AvgIpc) is 2.13. The number of hydrogen-bond acceptors (Lipinski definition) is 3. The van der Waals surface area contributed by atoms with Crippen molar-refractivity contribution in [3.63, 3.8) is 0 Å². The van der Waals surface area contributed by atoms with Crippen molar-refractivity contribution in [2.75, 3.05) is 0 Å². The van der Waals surface area contributed by atoms with Crippen molar-refractivity contribution in [1.82, 2.24) is 9.78 Å². The summed E-state index contributed by atoms with van der Waals surface area (Å²) < 4.78 is 1.46. The first-order chi connectivity index (χ1) is 4.74. The highest BCUT2D eigenvalue weighted by molar-refractivity contribution is 5.50. The average molecular weight is 140 g/mol. The summed E-state index contributed by atoms with van der Waals surface area (Å²) in [5, 5.41) is 21.1. The number of aliphatic hydroxyl groups is 1. The van der Waals surface area contributed by atoms with Crippen LogP contribution in [0.2, 0.25) is 0 Å². The highest BCUT2D eigenvalue weighted by atomic mass is 16.3. The minimum Gasteiger partial charge on any atom is -0.516 e. The maximum absolute atomic E-state index is 9.02. The number of rotatable bonds is 1. The van der Waals surface area contributed by atoms with E-state index in [1.165, 1.54) is 17.0 Å². The van der Waals surface area contributed by atoms with Crippen molar-refractivity contribution in [2.45, 2.75) is 0 Å². The summed E-state index contributed by atoms with van der Waals surface area (Å²) in [5.74, 6) is 0.0628. The Kier molecular flexibility index (Phi) is 1.62. The monoisotopic (exact) mass is 140 g/mol. The first-order valence-electron chi connectivity index (χ1n) is 2.77. The van der Waals surface area contributed by atoms with Crippen LogP contribution in [-0.2, 0) is 7.05 Å². The minimum absolute atomic E-state index is 0.0628. The second-order valence-corrected chi connectivity index (χ2v) is 1.89. The van der Waals surface area contributed by atoms with Gasteiger partial charge in [-0.3, -0.25) is 4.68 Å². The van der Waals surface area contributed by atoms with Crippen LogP contribution in [0.15, 0.2) is 12.5 Å². The van der Waals surface area contributed by atoms with E-state index in [2.05, 4.69) is 5.10 Å². The molecule has 0 spiro atoms. The number of hydrogen-bond donors (Lipinski definition) is 2. The van der Waals surface area contributed by atoms with Crippen molar-refractivity contribution in [3.8, 4) is 5.75 Å². The summed E-state index contributed by atoms with van der Waals surface area (Å²) >= 11 is 0. The maximum Gasteiger partial charge on any atom is 0.161 e. The number of aliphatic hydroxyl groups excluding tert-OH is 1. The summed E-state index contributed by atoms with van der Waals surface area (Å²) in [7, 11) is 1.69. The van der Waals surface area contributed by atoms with Gasteiger partial charge in [0.2, 0.25) is 0 Å². The third-order valence-electron chi connectivity index (χ3n) is 1.07. The molecule has 4 heteroatoms. The predicted octanol–water partition coefficient (Wildman–Crippen LogP) is 0.654. The van der Waals surface area contributed by atoms with Gasteiger partial charge in [-0.05, 0) is 0 Å². The molecule has 0 aliphatic heterocycles. The van der Waals surface area contributed by atoms with Crippen LogP contribution in [-0.4, -0.2) is 20.0 Å². The number of aryl methyl sites for hydroxylation is 1. The number of aromatic nitrogens is 2. The van der Waals surface area contributed by atoms with E-state index in [1.54, 1.807) is 7.05 Å². The minimum atomic E-state index is 0.0628. The lowest BCUT2D eigenvalue weighted by molar-refractivity contribution is 0.468. The summed E-state index contributed by atoms with van der Waals surface area (Å²) in [6.07, 6.45) is 3.60. The molecule has 0 unspecified atom stereocenters. The highest BCUT2D eigenvalue weighted by Crippen LogP contribution is 2.14. The second kappa shape index (κ2) is 2.43. The molecule has 0 radical (unpaired) electrons. The molecule has 1 aromatic heterocycles. The van der Waals surface area contributed by atoms with Crippen LogP contribution in [0.3, 0.4) is 0 Å². The molecule has 1 rings (SSSR count). The van der Waals surface area contributed by atoms with Gasteiger partial charge in [0.05, 0.1) is 12.5 Å². The Hall–Kier alpha value is -1.45. The van der Waals surface area contributed by atoms with Gasteiger partial charge < -0.3 is 10.2 Å². The van der Waals surface area contributed by atoms with E-state index in [0.717, 1.165) is 6.26 Å². The lowest BCUT2D eigenvalue weighted by Gasteiger charge is -1.82. The molecule has 1 aromatic rings. The molecule has 54 valence electrons. The van der Waals surface area contributed by atoms with Gasteiger partial charge in [0.15, 0.2) is 5.75 Å². The fourth-order valence-electron chi connectivity index (χ4n) is 0.682. The Balaban J connectivity index is 3.03. The summed E-state index contributed by atoms with van der Waals surface area (Å²) in [6, 6.07) is 0. The molecule has 1 heterocycles. The van der Waals surface area contributed by atoms with Crippen LogP contribution in [0.4, 0.5) is 0 Å². The van der Waals surface area contributed by atoms with Crippen molar-refractivity contribution in [1.29, 1.82) is 0 Å². The van der Waals surface area contributed by atoms with Gasteiger partial charge in [-0.25, -0.2) is 0 Å². The molecule has 10 heavy (non-hydrogen) atoms. The van der Waals surface area contributed by atoms with Gasteiger partial charge in [0, 0.05) is 13.1 Å². The third kappa shape index (κ3) is 1.10. The smallest absolute Gasteiger partial charge is 0.161 e. The van der Waals surface area contributed by atoms with Crippen molar-refractivity contribution < 1.29 is 10.2 Å². The van der Waals surface area contributed by atoms with E-state index in [-0.39, 0.29) is 5.75 Å². The normalized spacial score (nSPS) is 10.9. The molecule has 0 atom stereocenters. The van der Waals surface area contributed by atoms with E-state index in [4.69, 9.17) is 10.2 Å². The molecule has 0 saturated heterocycles. The zero-order valence-corrected chi connectivity index (χ0v) is 5.52. The molecule has 0 bridgehead atoms. The highest BCUT2D eigenvalue weighted by Gasteiger charge is 1.99. The molecule has 2 N–H and O–H groups in total. The third-order valence-corrected chi connectivity index (χ3v) is 1.07. The van der Waals surface area contributed by atoms with Gasteiger partial charge in [-0.15, -0.1) is 0 Å². The molecule has 0 fully saturated rings. The van der Waals surface area contributed by atoms with Gasteiger partial charge >= 0.3 is 0 Å². The fourth-order valence-corrected chi connectivity index (χ4v) is 0.682. The van der Waals surface area contributed by atoms with Crippen molar-refractivity contribution >= 4 is 6.08 Å². The quantitative estimate of drug-likeness (QED) is 0.563. The molecule has 0 saturated carbocycles. The predicted molar refractivity (Wildman–Crippen MR) is 36.5 cm³/mol. The van der Waals surface area contributed by atoms with E-state index >= 15 is 0 Å². The van der Waals surface area contributed by atoms with E-state index in [9.17, 15) is 0 Å². The van der Waals surface area contributed by atoms with Crippen molar-refractivity contribution in [2.24, 2.45) is 7.05 Å². The fraction of sp³-hybridized carbons (Fsp3) is 0.167. The Morgan fingerprint density at radius 2 is 2.40 bits per heavy atom. The van der Waals surface area contributed by atoms with Crippen LogP contribution in [0.25, 0.3) is 6.08 Å². The van der Waals surface area contributed by atoms with Gasteiger partial charge in [-0.2, -0.15) is 5.10 Å². The van der Waals surface area contributed by atoms with Gasteiger partial charge in [-0.1, -0.05) is 0 Å². The molecule has 4 nitrogen and oxygen atoms in total. The van der Waals surface area contributed by atoms with Crippen LogP contribution in [0, 0.1) is 0 Å². The second-order valence-electron chi connectivity index (χ2n) is 1.89. The Labute approximate surface area is 58.0 Å². The Morgan fingerprint density at radius 3 is 2.80 bits per heavy atom. The zero-order valence-electron chi connectivity index (χ0n) is 5.52. The molecule has 0 amide bonds. The Morgan fingerprint density at radius 1 is 1.70 bits per heavy atom. The Bertz CT molecular complexity index is 252. The van der Waals surface area contributed by atoms with Gasteiger partial charge in [0.1, 0.15) is 5.69 Å². The van der Waals surface area contributed by atoms with Crippen LogP contribution in [0.1, 0.15) is 5.69 Å². The molecular formula is C6H8N2O2. The van der Waals surface area contributed by atoms with Gasteiger partial charge in [0.25, 0.3) is 0 Å². The summed E-state index contributed by atoms with van der Waals surface area (Å²) in [4.78, 5) is 0. The maximum atomic E-state index is 9.02. The van der Waals surface area contributed by atoms with E-state index < -0.39 is 0 Å². The molecular weight excluding hydrogens is 132 g/mol. The lowest BCUT2D eigenvalue weighted by Crippen LogP contribution is -1.86. The van der Waals surface area contributed by atoms with E-state index in [0.29, 0.717) is 5.69 Å². The molecule has 0 aliphatic carbocycles. The summed E-state index contributed by atoms with van der Waals surface area (Å²) in [5.41, 5.74) is 0.366. The van der Waals surface area contributed by atoms with Crippen LogP contribution >= 0.6 is 0 Å². The van der Waals surface area contributed by atoms with E-state index in [1.807, 2.05) is 0 Å². The standard InChI is InChI=1S/C6H8N2O2/c1-8-4-6(10)5(7-8)2-3-9/h2-4,9-10H,1H3/b3-2-. The van der Waals surface area contributed by atoms with Crippen LogP contribution < -0.4 is 0 Å². The first kappa shape index (κ1) is 6.67. The SMILES string of the molecule is Cn1cc(O)c(/C=C\O)n1. The lowest BCUT2D eigenvalue weighted by atomic mass is 10.4. The largest absolute Gasteiger partial charge is 0.516 e. The van der Waals surface area contributed by atoms with Crippen molar-refractivity contribution in [3.05, 3.63) is 18.2 Å². The van der Waals surface area contributed by atoms with Crippen LogP contribution in [0.5, 0.6) is 5.75 Å². The number of nitrogens with zero attached hydrogens (tertiary/aromatic N) is 2. The zero-order chi connectivity index (χ0) is 7.56. The number of aromatic hydroxyl groups is 1. The summed E-state index contributed by atoms with van der Waals surface area (Å²) in [6.45, 7) is 0. The first-order valence-corrected chi connectivity index (χ1v) is 2.77. The molecule has 0 aromatic carbocycles.